The molecule has 116 valence electrons. The molecular weight excluding hydrogens is 274 g/mol. The summed E-state index contributed by atoms with van der Waals surface area (Å²) in [5, 5.41) is 3.41. The molecule has 0 radical (unpaired) electrons. The molecule has 0 bridgehead atoms. The molecule has 3 heteroatoms. The molecule has 0 aliphatic rings. The minimum absolute atomic E-state index is 0.215. The lowest BCUT2D eigenvalue weighted by molar-refractivity contribution is -0.141. The highest BCUT2D eigenvalue weighted by atomic mass is 16.5. The molecule has 1 N–H and O–H groups in total. The Bertz CT molecular complexity index is 632. The number of anilines is 2. The summed E-state index contributed by atoms with van der Waals surface area (Å²) >= 11 is 0. The van der Waals surface area contributed by atoms with Gasteiger partial charge in [0, 0.05) is 18.3 Å². The highest BCUT2D eigenvalue weighted by molar-refractivity contribution is 5.65. The molecule has 0 amide bonds. The van der Waals surface area contributed by atoms with Crippen molar-refractivity contribution >= 4 is 17.3 Å². The van der Waals surface area contributed by atoms with Crippen LogP contribution in [-0.4, -0.2) is 12.6 Å². The molecule has 0 aliphatic carbocycles. The van der Waals surface area contributed by atoms with Gasteiger partial charge in [0.05, 0.1) is 6.61 Å². The van der Waals surface area contributed by atoms with Crippen LogP contribution in [0.1, 0.15) is 30.0 Å². The average Bonchev–Trinajstić information content (AvgIpc) is 2.49. The second-order valence-corrected chi connectivity index (χ2v) is 5.56. The summed E-state index contributed by atoms with van der Waals surface area (Å²) in [5.41, 5.74) is 6.01. The predicted octanol–water partition coefficient (Wildman–Crippen LogP) is 4.54. The molecule has 0 fully saturated rings. The largest absolute Gasteiger partial charge is 0.466 e. The number of nitrogens with one attached hydrogen (secondary N) is 1. The van der Waals surface area contributed by atoms with Gasteiger partial charge in [-0.05, 0) is 67.6 Å². The minimum atomic E-state index is -0.215. The Labute approximate surface area is 132 Å². The standard InChI is InChI=1S/C19H23NO2/c1-14-6-9-19(13-15(14)2)20-18-10-7-17(8-11-18)5-4-12-22-16(3)21/h6-11,13,20H,4-5,12H2,1-3H3. The van der Waals surface area contributed by atoms with Crippen molar-refractivity contribution in [3.63, 3.8) is 0 Å². The zero-order valence-corrected chi connectivity index (χ0v) is 13.5. The Morgan fingerprint density at radius 1 is 1.00 bits per heavy atom. The first-order valence-electron chi connectivity index (χ1n) is 7.61. The molecule has 0 saturated heterocycles. The number of esters is 1. The lowest BCUT2D eigenvalue weighted by Crippen LogP contribution is -2.01. The Hall–Kier alpha value is -2.29. The van der Waals surface area contributed by atoms with Gasteiger partial charge < -0.3 is 10.1 Å². The summed E-state index contributed by atoms with van der Waals surface area (Å²) in [5.74, 6) is -0.215. The smallest absolute Gasteiger partial charge is 0.302 e. The quantitative estimate of drug-likeness (QED) is 0.628. The third-order valence-electron chi connectivity index (χ3n) is 3.66. The van der Waals surface area contributed by atoms with E-state index in [1.165, 1.54) is 23.6 Å². The van der Waals surface area contributed by atoms with Gasteiger partial charge in [0.15, 0.2) is 0 Å². The van der Waals surface area contributed by atoms with Crippen molar-refractivity contribution in [1.82, 2.24) is 0 Å². The van der Waals surface area contributed by atoms with Gasteiger partial charge in [0.25, 0.3) is 0 Å². The Morgan fingerprint density at radius 2 is 1.68 bits per heavy atom. The van der Waals surface area contributed by atoms with Gasteiger partial charge in [-0.25, -0.2) is 0 Å². The summed E-state index contributed by atoms with van der Waals surface area (Å²) < 4.78 is 4.94. The van der Waals surface area contributed by atoms with Gasteiger partial charge in [-0.3, -0.25) is 4.79 Å². The van der Waals surface area contributed by atoms with Crippen LogP contribution in [0, 0.1) is 13.8 Å². The van der Waals surface area contributed by atoms with Crippen molar-refractivity contribution in [2.45, 2.75) is 33.6 Å². The number of rotatable bonds is 6. The highest BCUT2D eigenvalue weighted by Crippen LogP contribution is 2.20. The summed E-state index contributed by atoms with van der Waals surface area (Å²) in [6.07, 6.45) is 1.76. The zero-order valence-electron chi connectivity index (χ0n) is 13.5. The molecule has 0 atom stereocenters. The van der Waals surface area contributed by atoms with Crippen molar-refractivity contribution in [1.29, 1.82) is 0 Å². The van der Waals surface area contributed by atoms with E-state index in [-0.39, 0.29) is 5.97 Å². The maximum absolute atomic E-state index is 10.7. The fraction of sp³-hybridized carbons (Fsp3) is 0.316. The fourth-order valence-corrected chi connectivity index (χ4v) is 2.23. The first kappa shape index (κ1) is 16.1. The molecule has 22 heavy (non-hydrogen) atoms. The number of ether oxygens (including phenoxy) is 1. The number of carbonyl (C=O) groups excluding carboxylic acids is 1. The topological polar surface area (TPSA) is 38.3 Å². The molecule has 2 aromatic carbocycles. The van der Waals surface area contributed by atoms with Crippen LogP contribution in [0.15, 0.2) is 42.5 Å². The molecule has 3 nitrogen and oxygen atoms in total. The van der Waals surface area contributed by atoms with Crippen molar-refractivity contribution in [3.05, 3.63) is 59.2 Å². The number of hydrogen-bond donors (Lipinski definition) is 1. The molecular formula is C19H23NO2. The zero-order chi connectivity index (χ0) is 15.9. The second kappa shape index (κ2) is 7.64. The van der Waals surface area contributed by atoms with Crippen LogP contribution < -0.4 is 5.32 Å². The first-order valence-corrected chi connectivity index (χ1v) is 7.61. The van der Waals surface area contributed by atoms with E-state index in [9.17, 15) is 4.79 Å². The third-order valence-corrected chi connectivity index (χ3v) is 3.66. The fourth-order valence-electron chi connectivity index (χ4n) is 2.23. The predicted molar refractivity (Wildman–Crippen MR) is 90.6 cm³/mol. The van der Waals surface area contributed by atoms with Crippen molar-refractivity contribution < 1.29 is 9.53 Å². The van der Waals surface area contributed by atoms with Crippen LogP contribution in [0.25, 0.3) is 0 Å². The van der Waals surface area contributed by atoms with Crippen molar-refractivity contribution in [2.75, 3.05) is 11.9 Å². The normalized spacial score (nSPS) is 10.3. The Morgan fingerprint density at radius 3 is 2.32 bits per heavy atom. The molecule has 0 spiro atoms. The van der Waals surface area contributed by atoms with E-state index in [1.807, 2.05) is 0 Å². The Kier molecular flexibility index (Phi) is 5.59. The van der Waals surface area contributed by atoms with Crippen molar-refractivity contribution in [3.8, 4) is 0 Å². The van der Waals surface area contributed by atoms with E-state index in [0.29, 0.717) is 6.61 Å². The van der Waals surface area contributed by atoms with E-state index >= 15 is 0 Å². The molecule has 2 aromatic rings. The number of benzene rings is 2. The van der Waals surface area contributed by atoms with Gasteiger partial charge in [0.1, 0.15) is 0 Å². The lowest BCUT2D eigenvalue weighted by atomic mass is 10.1. The van der Waals surface area contributed by atoms with Crippen LogP contribution in [0.5, 0.6) is 0 Å². The van der Waals surface area contributed by atoms with Gasteiger partial charge in [-0.1, -0.05) is 18.2 Å². The first-order chi connectivity index (χ1) is 10.5. The van der Waals surface area contributed by atoms with Crippen molar-refractivity contribution in [2.24, 2.45) is 0 Å². The van der Waals surface area contributed by atoms with E-state index in [4.69, 9.17) is 4.74 Å². The minimum Gasteiger partial charge on any atom is -0.466 e. The highest BCUT2D eigenvalue weighted by Gasteiger charge is 1.99. The third kappa shape index (κ3) is 4.92. The van der Waals surface area contributed by atoms with Crippen LogP contribution in [0.4, 0.5) is 11.4 Å². The Balaban J connectivity index is 1.88. The van der Waals surface area contributed by atoms with Crippen LogP contribution >= 0.6 is 0 Å². The maximum atomic E-state index is 10.7. The molecule has 0 aromatic heterocycles. The summed E-state index contributed by atoms with van der Waals surface area (Å²) in [7, 11) is 0. The number of aryl methyl sites for hydroxylation is 3. The maximum Gasteiger partial charge on any atom is 0.302 e. The number of carbonyl (C=O) groups is 1. The molecule has 0 unspecified atom stereocenters. The molecule has 0 aliphatic heterocycles. The van der Waals surface area contributed by atoms with Crippen LogP contribution in [0.2, 0.25) is 0 Å². The van der Waals surface area contributed by atoms with E-state index in [1.54, 1.807) is 0 Å². The summed E-state index contributed by atoms with van der Waals surface area (Å²) in [6.45, 7) is 6.15. The molecule has 0 heterocycles. The molecule has 0 saturated carbocycles. The number of hydrogen-bond acceptors (Lipinski definition) is 3. The molecule has 2 rings (SSSR count). The second-order valence-electron chi connectivity index (χ2n) is 5.56. The van der Waals surface area contributed by atoms with E-state index in [2.05, 4.69) is 61.6 Å². The average molecular weight is 297 g/mol. The summed E-state index contributed by atoms with van der Waals surface area (Å²) in [4.78, 5) is 10.7. The monoisotopic (exact) mass is 297 g/mol. The SMILES string of the molecule is CC(=O)OCCCc1ccc(Nc2ccc(C)c(C)c2)cc1. The van der Waals surface area contributed by atoms with E-state index < -0.39 is 0 Å². The van der Waals surface area contributed by atoms with Gasteiger partial charge in [-0.2, -0.15) is 0 Å². The van der Waals surface area contributed by atoms with E-state index in [0.717, 1.165) is 24.2 Å². The van der Waals surface area contributed by atoms with Gasteiger partial charge in [-0.15, -0.1) is 0 Å². The van der Waals surface area contributed by atoms with Crippen LogP contribution in [0.3, 0.4) is 0 Å². The lowest BCUT2D eigenvalue weighted by Gasteiger charge is -2.09. The summed E-state index contributed by atoms with van der Waals surface area (Å²) in [6, 6.07) is 14.7. The van der Waals surface area contributed by atoms with Gasteiger partial charge in [0.2, 0.25) is 0 Å². The van der Waals surface area contributed by atoms with Gasteiger partial charge >= 0.3 is 5.97 Å². The van der Waals surface area contributed by atoms with Crippen LogP contribution in [-0.2, 0) is 16.0 Å².